The first-order valence-electron chi connectivity index (χ1n) is 4.49. The van der Waals surface area contributed by atoms with Gasteiger partial charge in [0.15, 0.2) is 0 Å². The summed E-state index contributed by atoms with van der Waals surface area (Å²) in [7, 11) is 1.48. The molecule has 3 nitrogen and oxygen atoms in total. The van der Waals surface area contributed by atoms with E-state index in [-0.39, 0.29) is 12.5 Å². The number of amides is 1. The largest absolute Gasteiger partial charge is 0.496 e. The summed E-state index contributed by atoms with van der Waals surface area (Å²) in [4.78, 5) is 11.7. The lowest BCUT2D eigenvalue weighted by molar-refractivity contribution is 0.0954. The fraction of sp³-hybridized carbons (Fsp3) is 0.182. The minimum absolute atomic E-state index is 0.214. The number of carbonyl (C=O) groups excluding carboxylic acids is 1. The maximum atomic E-state index is 11.7. The Labute approximate surface area is 104 Å². The Balaban J connectivity index is 2.86. The topological polar surface area (TPSA) is 38.3 Å². The van der Waals surface area contributed by atoms with E-state index >= 15 is 0 Å². The quantitative estimate of drug-likeness (QED) is 0.903. The van der Waals surface area contributed by atoms with Crippen LogP contribution in [0.3, 0.4) is 0 Å². The minimum Gasteiger partial charge on any atom is -0.496 e. The van der Waals surface area contributed by atoms with Gasteiger partial charge in [0.25, 0.3) is 5.91 Å². The second-order valence-corrected chi connectivity index (χ2v) is 4.02. The monoisotopic (exact) mass is 259 g/mol. The summed E-state index contributed by atoms with van der Waals surface area (Å²) in [6.07, 6.45) is 0. The van der Waals surface area contributed by atoms with E-state index in [2.05, 4.69) is 11.9 Å². The molecule has 0 aliphatic rings. The molecule has 0 aliphatic carbocycles. The lowest BCUT2D eigenvalue weighted by Gasteiger charge is -2.09. The van der Waals surface area contributed by atoms with Gasteiger partial charge in [-0.15, -0.1) is 0 Å². The Morgan fingerprint density at radius 1 is 1.56 bits per heavy atom. The Morgan fingerprint density at radius 2 is 2.25 bits per heavy atom. The molecule has 1 N–H and O–H groups in total. The summed E-state index contributed by atoms with van der Waals surface area (Å²) >= 11 is 11.3. The summed E-state index contributed by atoms with van der Waals surface area (Å²) in [5.41, 5.74) is 0.407. The van der Waals surface area contributed by atoms with Crippen molar-refractivity contribution in [3.63, 3.8) is 0 Å². The van der Waals surface area contributed by atoms with E-state index < -0.39 is 0 Å². The van der Waals surface area contributed by atoms with Gasteiger partial charge in [-0.1, -0.05) is 29.8 Å². The highest BCUT2D eigenvalue weighted by molar-refractivity contribution is 6.31. The molecule has 0 atom stereocenters. The van der Waals surface area contributed by atoms with Crippen molar-refractivity contribution < 1.29 is 9.53 Å². The number of hydrogen-bond donors (Lipinski definition) is 1. The van der Waals surface area contributed by atoms with Crippen molar-refractivity contribution in [2.24, 2.45) is 0 Å². The number of benzene rings is 1. The number of hydrogen-bond acceptors (Lipinski definition) is 2. The van der Waals surface area contributed by atoms with Crippen LogP contribution < -0.4 is 10.1 Å². The number of methoxy groups -OCH3 is 1. The van der Waals surface area contributed by atoms with Crippen LogP contribution in [0.1, 0.15) is 10.4 Å². The molecule has 0 radical (unpaired) electrons. The number of rotatable bonds is 4. The molecule has 16 heavy (non-hydrogen) atoms. The summed E-state index contributed by atoms with van der Waals surface area (Å²) in [5, 5.41) is 3.47. The summed E-state index contributed by atoms with van der Waals surface area (Å²) in [6.45, 7) is 3.69. The van der Waals surface area contributed by atoms with Crippen LogP contribution in [-0.4, -0.2) is 19.6 Å². The third-order valence-corrected chi connectivity index (χ3v) is 2.22. The van der Waals surface area contributed by atoms with Gasteiger partial charge in [0.2, 0.25) is 0 Å². The molecule has 5 heteroatoms. The lowest BCUT2D eigenvalue weighted by atomic mass is 10.2. The van der Waals surface area contributed by atoms with Crippen molar-refractivity contribution in [2.75, 3.05) is 13.7 Å². The standard InChI is InChI=1S/C11H11Cl2NO2/c1-7(12)6-14-11(15)9-4-3-8(13)5-10(9)16-2/h3-5H,1,6H2,2H3,(H,14,15). The second-order valence-electron chi connectivity index (χ2n) is 3.04. The molecule has 0 saturated carbocycles. The average Bonchev–Trinajstić information content (AvgIpc) is 2.25. The molecule has 0 spiro atoms. The Kier molecular flexibility index (Phi) is 4.65. The highest BCUT2D eigenvalue weighted by atomic mass is 35.5. The number of carbonyl (C=O) groups is 1. The van der Waals surface area contributed by atoms with Crippen LogP contribution in [-0.2, 0) is 0 Å². The van der Waals surface area contributed by atoms with Gasteiger partial charge in [-0.3, -0.25) is 4.79 Å². The number of nitrogens with one attached hydrogen (secondary N) is 1. The van der Waals surface area contributed by atoms with Crippen LogP contribution in [0.4, 0.5) is 0 Å². The molecule has 1 rings (SSSR count). The van der Waals surface area contributed by atoms with E-state index in [1.165, 1.54) is 7.11 Å². The number of ether oxygens (including phenoxy) is 1. The van der Waals surface area contributed by atoms with Gasteiger partial charge in [0.05, 0.1) is 19.2 Å². The van der Waals surface area contributed by atoms with Crippen LogP contribution >= 0.6 is 23.2 Å². The van der Waals surface area contributed by atoms with Crippen molar-refractivity contribution in [1.82, 2.24) is 5.32 Å². The van der Waals surface area contributed by atoms with Gasteiger partial charge in [0, 0.05) is 10.1 Å². The lowest BCUT2D eigenvalue weighted by Crippen LogP contribution is -2.24. The third-order valence-electron chi connectivity index (χ3n) is 1.85. The summed E-state index contributed by atoms with van der Waals surface area (Å²) in [6, 6.07) is 4.79. The second kappa shape index (κ2) is 5.77. The molecule has 0 saturated heterocycles. The minimum atomic E-state index is -0.282. The van der Waals surface area contributed by atoms with Gasteiger partial charge in [0.1, 0.15) is 5.75 Å². The third kappa shape index (κ3) is 3.43. The molecule has 1 amide bonds. The van der Waals surface area contributed by atoms with Crippen molar-refractivity contribution in [2.45, 2.75) is 0 Å². The molecule has 86 valence electrons. The highest BCUT2D eigenvalue weighted by Gasteiger charge is 2.11. The summed E-state index contributed by atoms with van der Waals surface area (Å²) in [5.74, 6) is 0.139. The predicted octanol–water partition coefficient (Wildman–Crippen LogP) is 2.83. The van der Waals surface area contributed by atoms with Crippen LogP contribution in [0.15, 0.2) is 29.8 Å². The van der Waals surface area contributed by atoms with Crippen LogP contribution in [0.25, 0.3) is 0 Å². The van der Waals surface area contributed by atoms with E-state index in [0.717, 1.165) is 0 Å². The fourth-order valence-corrected chi connectivity index (χ4v) is 1.35. The molecule has 0 aromatic heterocycles. The molecular formula is C11H11Cl2NO2. The molecule has 0 heterocycles. The first kappa shape index (κ1) is 12.9. The Hall–Kier alpha value is -1.19. The van der Waals surface area contributed by atoms with Gasteiger partial charge in [-0.25, -0.2) is 0 Å². The Bertz CT molecular complexity index is 418. The van der Waals surface area contributed by atoms with Crippen molar-refractivity contribution in [3.05, 3.63) is 40.4 Å². The van der Waals surface area contributed by atoms with E-state index in [1.807, 2.05) is 0 Å². The van der Waals surface area contributed by atoms with Crippen molar-refractivity contribution >= 4 is 29.1 Å². The van der Waals surface area contributed by atoms with Crippen LogP contribution in [0.2, 0.25) is 5.02 Å². The maximum absolute atomic E-state index is 11.7. The number of halogens is 2. The van der Waals surface area contributed by atoms with Gasteiger partial charge >= 0.3 is 0 Å². The smallest absolute Gasteiger partial charge is 0.255 e. The Morgan fingerprint density at radius 3 is 2.81 bits per heavy atom. The van der Waals surface area contributed by atoms with Crippen molar-refractivity contribution in [1.29, 1.82) is 0 Å². The zero-order chi connectivity index (χ0) is 12.1. The fourth-order valence-electron chi connectivity index (χ4n) is 1.12. The van der Waals surface area contributed by atoms with Gasteiger partial charge < -0.3 is 10.1 Å². The first-order chi connectivity index (χ1) is 7.54. The van der Waals surface area contributed by atoms with Gasteiger partial charge in [-0.05, 0) is 18.2 Å². The van der Waals surface area contributed by atoms with E-state index in [9.17, 15) is 4.79 Å². The first-order valence-corrected chi connectivity index (χ1v) is 5.25. The zero-order valence-corrected chi connectivity index (χ0v) is 10.2. The summed E-state index contributed by atoms with van der Waals surface area (Å²) < 4.78 is 5.05. The van der Waals surface area contributed by atoms with E-state index in [1.54, 1.807) is 18.2 Å². The van der Waals surface area contributed by atoms with Crippen molar-refractivity contribution in [3.8, 4) is 5.75 Å². The molecular weight excluding hydrogens is 249 g/mol. The maximum Gasteiger partial charge on any atom is 0.255 e. The molecule has 0 bridgehead atoms. The SMILES string of the molecule is C=C(Cl)CNC(=O)c1ccc(Cl)cc1OC. The molecule has 0 aliphatic heterocycles. The average molecular weight is 260 g/mol. The molecule has 1 aromatic rings. The van der Waals surface area contributed by atoms with Crippen LogP contribution in [0.5, 0.6) is 5.75 Å². The van der Waals surface area contributed by atoms with Crippen LogP contribution in [0, 0.1) is 0 Å². The molecule has 0 unspecified atom stereocenters. The van der Waals surface area contributed by atoms with Gasteiger partial charge in [-0.2, -0.15) is 0 Å². The normalized spacial score (nSPS) is 9.69. The zero-order valence-electron chi connectivity index (χ0n) is 8.72. The predicted molar refractivity (Wildman–Crippen MR) is 65.3 cm³/mol. The molecule has 0 fully saturated rings. The highest BCUT2D eigenvalue weighted by Crippen LogP contribution is 2.22. The van der Waals surface area contributed by atoms with E-state index in [0.29, 0.717) is 21.4 Å². The van der Waals surface area contributed by atoms with E-state index in [4.69, 9.17) is 27.9 Å². The molecule has 1 aromatic carbocycles.